The zero-order valence-corrected chi connectivity index (χ0v) is 11.5. The Kier molecular flexibility index (Phi) is 5.34. The zero-order chi connectivity index (χ0) is 13.7. The molecular weight excluding hydrogens is 224 g/mol. The highest BCUT2D eigenvalue weighted by Gasteiger charge is 2.09. The van der Waals surface area contributed by atoms with Crippen LogP contribution in [0, 0.1) is 6.92 Å². The monoisotopic (exact) mass is 248 g/mol. The molecule has 1 unspecified atom stereocenters. The maximum absolute atomic E-state index is 5.86. The summed E-state index contributed by atoms with van der Waals surface area (Å²) in [4.78, 5) is 2.13. The number of hydrogen-bond donors (Lipinski definition) is 3. The van der Waals surface area contributed by atoms with E-state index in [4.69, 9.17) is 11.5 Å². The first kappa shape index (κ1) is 14.7. The Balaban J connectivity index is 2.91. The van der Waals surface area contributed by atoms with Gasteiger partial charge in [0.15, 0.2) is 0 Å². The van der Waals surface area contributed by atoms with Crippen molar-refractivity contribution in [3.8, 4) is 0 Å². The van der Waals surface area contributed by atoms with Crippen LogP contribution in [-0.2, 0) is 6.54 Å². The van der Waals surface area contributed by atoms with Crippen LogP contribution < -0.4 is 16.8 Å². The highest BCUT2D eigenvalue weighted by atomic mass is 15.1. The smallest absolute Gasteiger partial charge is 0.0566 e. The van der Waals surface area contributed by atoms with Gasteiger partial charge in [0.05, 0.1) is 6.04 Å². The fourth-order valence-electron chi connectivity index (χ4n) is 1.69. The van der Waals surface area contributed by atoms with Gasteiger partial charge in [-0.2, -0.15) is 0 Å². The second-order valence-corrected chi connectivity index (χ2v) is 4.89. The lowest BCUT2D eigenvalue weighted by atomic mass is 10.1. The molecule has 4 heteroatoms. The largest absolute Gasteiger partial charge is 0.358 e. The van der Waals surface area contributed by atoms with Gasteiger partial charge >= 0.3 is 0 Å². The van der Waals surface area contributed by atoms with Gasteiger partial charge < -0.3 is 21.7 Å². The van der Waals surface area contributed by atoms with Crippen molar-refractivity contribution in [3.05, 3.63) is 41.6 Å². The van der Waals surface area contributed by atoms with Crippen LogP contribution >= 0.6 is 0 Å². The molecule has 0 saturated heterocycles. The molecule has 0 radical (unpaired) electrons. The lowest BCUT2D eigenvalue weighted by molar-refractivity contribution is 0.403. The van der Waals surface area contributed by atoms with E-state index < -0.39 is 0 Å². The second kappa shape index (κ2) is 6.54. The molecule has 0 fully saturated rings. The maximum atomic E-state index is 5.86. The number of rotatable bonds is 6. The van der Waals surface area contributed by atoms with Crippen LogP contribution in [0.2, 0.25) is 0 Å². The standard InChI is InChI=1S/C14H24N4/c1-10-5-6-12(9-18(3)4)14(7-10)17-11(2)13(16)8-15/h5-7,13,17H,2,8-9,15-16H2,1,3-4H3. The molecule has 0 aromatic heterocycles. The van der Waals surface area contributed by atoms with Gasteiger partial charge in [-0.1, -0.05) is 18.7 Å². The van der Waals surface area contributed by atoms with E-state index in [2.05, 4.69) is 41.9 Å². The van der Waals surface area contributed by atoms with E-state index >= 15 is 0 Å². The van der Waals surface area contributed by atoms with E-state index in [0.717, 1.165) is 17.9 Å². The predicted molar refractivity (Wildman–Crippen MR) is 78.4 cm³/mol. The van der Waals surface area contributed by atoms with Crippen LogP contribution in [0.5, 0.6) is 0 Å². The predicted octanol–water partition coefficient (Wildman–Crippen LogP) is 1.27. The van der Waals surface area contributed by atoms with Gasteiger partial charge in [0.2, 0.25) is 0 Å². The van der Waals surface area contributed by atoms with Crippen LogP contribution in [0.1, 0.15) is 11.1 Å². The molecule has 0 spiro atoms. The molecule has 0 aliphatic rings. The van der Waals surface area contributed by atoms with Crippen molar-refractivity contribution in [1.29, 1.82) is 0 Å². The fourth-order valence-corrected chi connectivity index (χ4v) is 1.69. The Labute approximate surface area is 110 Å². The van der Waals surface area contributed by atoms with Crippen molar-refractivity contribution < 1.29 is 0 Å². The lowest BCUT2D eigenvalue weighted by Crippen LogP contribution is -2.34. The highest BCUT2D eigenvalue weighted by molar-refractivity contribution is 5.57. The Bertz CT molecular complexity index is 412. The molecule has 5 N–H and O–H groups in total. The second-order valence-electron chi connectivity index (χ2n) is 4.89. The number of anilines is 1. The summed E-state index contributed by atoms with van der Waals surface area (Å²) in [5, 5.41) is 3.28. The maximum Gasteiger partial charge on any atom is 0.0566 e. The van der Waals surface area contributed by atoms with Gasteiger partial charge in [-0.15, -0.1) is 0 Å². The lowest BCUT2D eigenvalue weighted by Gasteiger charge is -2.20. The van der Waals surface area contributed by atoms with Crippen LogP contribution in [-0.4, -0.2) is 31.6 Å². The van der Waals surface area contributed by atoms with Gasteiger partial charge in [-0.25, -0.2) is 0 Å². The summed E-state index contributed by atoms with van der Waals surface area (Å²) in [5.41, 5.74) is 15.6. The third-order valence-corrected chi connectivity index (χ3v) is 2.75. The average Bonchev–Trinajstić information content (AvgIpc) is 2.31. The van der Waals surface area contributed by atoms with Crippen molar-refractivity contribution >= 4 is 5.69 Å². The first-order valence-electron chi connectivity index (χ1n) is 6.09. The van der Waals surface area contributed by atoms with Crippen molar-refractivity contribution in [3.63, 3.8) is 0 Å². The van der Waals surface area contributed by atoms with E-state index in [0.29, 0.717) is 6.54 Å². The summed E-state index contributed by atoms with van der Waals surface area (Å²) >= 11 is 0. The van der Waals surface area contributed by atoms with Crippen molar-refractivity contribution in [2.24, 2.45) is 11.5 Å². The Hall–Kier alpha value is -1.36. The number of aryl methyl sites for hydroxylation is 1. The van der Waals surface area contributed by atoms with Crippen LogP contribution in [0.15, 0.2) is 30.5 Å². The first-order valence-corrected chi connectivity index (χ1v) is 6.09. The molecule has 0 bridgehead atoms. The molecule has 0 aliphatic heterocycles. The van der Waals surface area contributed by atoms with Crippen LogP contribution in [0.25, 0.3) is 0 Å². The summed E-state index contributed by atoms with van der Waals surface area (Å²) in [7, 11) is 4.09. The Morgan fingerprint density at radius 2 is 2.11 bits per heavy atom. The molecule has 0 aliphatic carbocycles. The summed E-state index contributed by atoms with van der Waals surface area (Å²) in [5.74, 6) is 0. The molecule has 1 rings (SSSR count). The summed E-state index contributed by atoms with van der Waals surface area (Å²) < 4.78 is 0. The number of hydrogen-bond acceptors (Lipinski definition) is 4. The summed E-state index contributed by atoms with van der Waals surface area (Å²) in [6.07, 6.45) is 0. The quantitative estimate of drug-likeness (QED) is 0.709. The van der Waals surface area contributed by atoms with Crippen LogP contribution in [0.4, 0.5) is 5.69 Å². The molecule has 1 atom stereocenters. The third kappa shape index (κ3) is 4.14. The minimum Gasteiger partial charge on any atom is -0.358 e. The number of benzene rings is 1. The van der Waals surface area contributed by atoms with E-state index in [1.165, 1.54) is 11.1 Å². The zero-order valence-electron chi connectivity index (χ0n) is 11.5. The highest BCUT2D eigenvalue weighted by Crippen LogP contribution is 2.20. The molecule has 0 saturated carbocycles. The normalized spacial score (nSPS) is 12.6. The van der Waals surface area contributed by atoms with Gasteiger partial charge in [-0.05, 0) is 38.2 Å². The average molecular weight is 248 g/mol. The van der Waals surface area contributed by atoms with E-state index in [9.17, 15) is 0 Å². The van der Waals surface area contributed by atoms with Gasteiger partial charge in [0, 0.05) is 24.5 Å². The summed E-state index contributed by atoms with van der Waals surface area (Å²) in [6, 6.07) is 6.11. The van der Waals surface area contributed by atoms with Gasteiger partial charge in [0.25, 0.3) is 0 Å². The molecule has 1 aromatic carbocycles. The van der Waals surface area contributed by atoms with Gasteiger partial charge in [-0.3, -0.25) is 0 Å². The third-order valence-electron chi connectivity index (χ3n) is 2.75. The number of nitrogens with one attached hydrogen (secondary N) is 1. The molecule has 18 heavy (non-hydrogen) atoms. The minimum absolute atomic E-state index is 0.224. The number of nitrogens with zero attached hydrogens (tertiary/aromatic N) is 1. The van der Waals surface area contributed by atoms with Gasteiger partial charge in [0.1, 0.15) is 0 Å². The molecular formula is C14H24N4. The first-order chi connectivity index (χ1) is 8.43. The number of nitrogens with two attached hydrogens (primary N) is 2. The van der Waals surface area contributed by atoms with E-state index in [1.54, 1.807) is 0 Å². The Morgan fingerprint density at radius 1 is 1.44 bits per heavy atom. The van der Waals surface area contributed by atoms with E-state index in [-0.39, 0.29) is 6.04 Å². The molecule has 0 heterocycles. The van der Waals surface area contributed by atoms with Crippen LogP contribution in [0.3, 0.4) is 0 Å². The minimum atomic E-state index is -0.224. The van der Waals surface area contributed by atoms with Crippen molar-refractivity contribution in [2.45, 2.75) is 19.5 Å². The molecule has 100 valence electrons. The van der Waals surface area contributed by atoms with Crippen molar-refractivity contribution in [1.82, 2.24) is 4.90 Å². The SMILES string of the molecule is C=C(Nc1cc(C)ccc1CN(C)C)C(N)CN. The van der Waals surface area contributed by atoms with Crippen molar-refractivity contribution in [2.75, 3.05) is 26.0 Å². The molecule has 0 amide bonds. The van der Waals surface area contributed by atoms with E-state index in [1.807, 2.05) is 14.1 Å². The summed E-state index contributed by atoms with van der Waals surface area (Å²) in [6.45, 7) is 7.27. The topological polar surface area (TPSA) is 67.3 Å². The Morgan fingerprint density at radius 3 is 2.67 bits per heavy atom. The molecule has 1 aromatic rings. The molecule has 4 nitrogen and oxygen atoms in total. The fraction of sp³-hybridized carbons (Fsp3) is 0.429.